The molecule has 300 valence electrons. The van der Waals surface area contributed by atoms with Gasteiger partial charge in [-0.25, -0.2) is 4.57 Å². The largest absolute Gasteiger partial charge is 0.469 e. The molecule has 0 aliphatic carbocycles. The average Bonchev–Trinajstić information content (AvgIpc) is 3.13. The van der Waals surface area contributed by atoms with Crippen molar-refractivity contribution in [2.75, 3.05) is 19.8 Å². The van der Waals surface area contributed by atoms with Gasteiger partial charge in [0.05, 0.1) is 6.61 Å². The van der Waals surface area contributed by atoms with Crippen LogP contribution >= 0.6 is 7.82 Å². The van der Waals surface area contributed by atoms with Gasteiger partial charge in [-0.1, -0.05) is 123 Å². The van der Waals surface area contributed by atoms with Gasteiger partial charge in [-0.2, -0.15) is 0 Å². The Morgan fingerprint density at radius 1 is 0.528 bits per heavy atom. The van der Waals surface area contributed by atoms with Crippen LogP contribution in [0.3, 0.4) is 0 Å². The van der Waals surface area contributed by atoms with Crippen LogP contribution in [0.25, 0.3) is 0 Å². The number of esters is 2. The van der Waals surface area contributed by atoms with Gasteiger partial charge in [0.15, 0.2) is 6.10 Å². The van der Waals surface area contributed by atoms with Crippen molar-refractivity contribution >= 4 is 19.8 Å². The van der Waals surface area contributed by atoms with Crippen molar-refractivity contribution in [3.63, 3.8) is 0 Å². The maximum absolute atomic E-state index is 12.4. The molecule has 9 nitrogen and oxygen atoms in total. The summed E-state index contributed by atoms with van der Waals surface area (Å²) in [5.74, 6) is -1.04. The summed E-state index contributed by atoms with van der Waals surface area (Å²) in [4.78, 5) is 42.7. The van der Waals surface area contributed by atoms with E-state index < -0.39 is 32.5 Å². The molecule has 0 fully saturated rings. The van der Waals surface area contributed by atoms with Crippen LogP contribution in [-0.4, -0.2) is 52.8 Å². The topological polar surface area (TPSA) is 140 Å². The van der Waals surface area contributed by atoms with Crippen LogP contribution in [0, 0.1) is 0 Å². The van der Waals surface area contributed by atoms with Crippen molar-refractivity contribution in [2.24, 2.45) is 0 Å². The molecule has 0 aromatic carbocycles. The van der Waals surface area contributed by atoms with Crippen molar-refractivity contribution in [1.82, 2.24) is 0 Å². The summed E-state index contributed by atoms with van der Waals surface area (Å²) in [5, 5.41) is 8.77. The predicted molar refractivity (Wildman–Crippen MR) is 217 cm³/mol. The number of unbranched alkanes of at least 4 members (excludes halogenated alkanes) is 8. The molecule has 0 spiro atoms. The molecule has 0 aromatic heterocycles. The highest BCUT2D eigenvalue weighted by Gasteiger charge is 2.22. The minimum absolute atomic E-state index is 0.113. The van der Waals surface area contributed by atoms with Crippen molar-refractivity contribution in [1.29, 1.82) is 0 Å². The molecule has 10 heteroatoms. The molecular formula is C43H69O9P. The minimum atomic E-state index is -4.79. The molecule has 0 radical (unpaired) electrons. The SMILES string of the molecule is CCCCC/C=C\C/C=C\C/C=C\C/C=C\CCCC(=O)O[C@H](COC(=O)CCC/C=C\C/C=C\C/C=C\C/C=C\CCCCCO)COP(=O)(O)O. The standard InChI is InChI=1S/C43H69O9P/c1-2-3-4-5-6-7-8-9-10-12-16-19-22-25-28-31-34-37-43(46)52-41(40-51-53(47,48)49)39-50-42(45)36-33-30-27-24-21-18-15-13-11-14-17-20-23-26-29-32-35-38-44/h6-7,9-11,14-16,18-20,23-25,27-28,41,44H,2-5,8,12-13,17,21-22,26,29-40H2,1H3,(H2,47,48,49)/b7-6-,10-9-,14-11-,18-15-,19-16-,23-20-,27-24-,28-25-/t41-/m1/s1. The van der Waals surface area contributed by atoms with Crippen molar-refractivity contribution < 1.29 is 43.0 Å². The van der Waals surface area contributed by atoms with E-state index in [4.69, 9.17) is 24.4 Å². The molecule has 0 aliphatic heterocycles. The highest BCUT2D eigenvalue weighted by molar-refractivity contribution is 7.46. The Kier molecular flexibility index (Phi) is 36.4. The van der Waals surface area contributed by atoms with Crippen LogP contribution in [0.1, 0.15) is 135 Å². The molecule has 0 saturated heterocycles. The first kappa shape index (κ1) is 49.9. The number of aliphatic hydroxyl groups excluding tert-OH is 1. The van der Waals surface area contributed by atoms with Gasteiger partial charge in [-0.3, -0.25) is 14.1 Å². The molecule has 3 N–H and O–H groups in total. The lowest BCUT2D eigenvalue weighted by molar-refractivity contribution is -0.161. The van der Waals surface area contributed by atoms with E-state index in [9.17, 15) is 14.2 Å². The summed E-state index contributed by atoms with van der Waals surface area (Å²) in [6.07, 6.45) is 50.1. The molecule has 0 rings (SSSR count). The number of hydrogen-bond acceptors (Lipinski definition) is 7. The van der Waals surface area contributed by atoms with Crippen molar-refractivity contribution in [3.8, 4) is 0 Å². The van der Waals surface area contributed by atoms with E-state index in [1.165, 1.54) is 19.3 Å². The molecule has 1 atom stereocenters. The number of carbonyl (C=O) groups is 2. The molecule has 0 unspecified atom stereocenters. The first-order chi connectivity index (χ1) is 25.8. The Morgan fingerprint density at radius 2 is 0.925 bits per heavy atom. The average molecular weight is 761 g/mol. The summed E-state index contributed by atoms with van der Waals surface area (Å²) in [7, 11) is -4.79. The van der Waals surface area contributed by atoms with E-state index >= 15 is 0 Å². The third-order valence-corrected chi connectivity index (χ3v) is 8.12. The Hall–Kier alpha value is -3.07. The fourth-order valence-electron chi connectivity index (χ4n) is 4.69. The monoisotopic (exact) mass is 760 g/mol. The van der Waals surface area contributed by atoms with Gasteiger partial charge in [0, 0.05) is 19.4 Å². The minimum Gasteiger partial charge on any atom is -0.462 e. The second-order valence-electron chi connectivity index (χ2n) is 12.6. The van der Waals surface area contributed by atoms with E-state index in [2.05, 4.69) is 84.4 Å². The number of hydrogen-bond donors (Lipinski definition) is 3. The second-order valence-corrected chi connectivity index (χ2v) is 13.9. The third kappa shape index (κ3) is 41.5. The van der Waals surface area contributed by atoms with Gasteiger partial charge in [-0.05, 0) is 96.3 Å². The zero-order chi connectivity index (χ0) is 38.9. The summed E-state index contributed by atoms with van der Waals surface area (Å²) in [6, 6.07) is 0. The lowest BCUT2D eigenvalue weighted by Gasteiger charge is -2.18. The normalized spacial score (nSPS) is 13.5. The quantitative estimate of drug-likeness (QED) is 0.0249. The Bertz CT molecular complexity index is 1170. The van der Waals surface area contributed by atoms with Gasteiger partial charge >= 0.3 is 19.8 Å². The van der Waals surface area contributed by atoms with Gasteiger partial charge in [0.2, 0.25) is 0 Å². The predicted octanol–water partition coefficient (Wildman–Crippen LogP) is 10.8. The highest BCUT2D eigenvalue weighted by Crippen LogP contribution is 2.35. The van der Waals surface area contributed by atoms with Gasteiger partial charge in [-0.15, -0.1) is 0 Å². The third-order valence-electron chi connectivity index (χ3n) is 7.63. The van der Waals surface area contributed by atoms with E-state index in [0.717, 1.165) is 70.6 Å². The molecule has 0 amide bonds. The first-order valence-corrected chi connectivity index (χ1v) is 21.2. The van der Waals surface area contributed by atoms with Gasteiger partial charge in [0.1, 0.15) is 6.61 Å². The highest BCUT2D eigenvalue weighted by atomic mass is 31.2. The maximum atomic E-state index is 12.4. The smallest absolute Gasteiger partial charge is 0.462 e. The molecule has 0 heterocycles. The Morgan fingerprint density at radius 3 is 1.34 bits per heavy atom. The van der Waals surface area contributed by atoms with Crippen molar-refractivity contribution in [2.45, 2.75) is 141 Å². The Balaban J connectivity index is 4.17. The van der Waals surface area contributed by atoms with E-state index in [1.54, 1.807) is 0 Å². The van der Waals surface area contributed by atoms with E-state index in [0.29, 0.717) is 25.7 Å². The van der Waals surface area contributed by atoms with Crippen molar-refractivity contribution in [3.05, 3.63) is 97.2 Å². The molecule has 0 aromatic rings. The van der Waals surface area contributed by atoms with Crippen LogP contribution in [0.5, 0.6) is 0 Å². The maximum Gasteiger partial charge on any atom is 0.469 e. The molecular weight excluding hydrogens is 691 g/mol. The van der Waals surface area contributed by atoms with E-state index in [-0.39, 0.29) is 26.1 Å². The molecule has 0 aliphatic rings. The van der Waals surface area contributed by atoms with Gasteiger partial charge < -0.3 is 24.4 Å². The number of ether oxygens (including phenoxy) is 2. The number of rotatable bonds is 35. The lowest BCUT2D eigenvalue weighted by Crippen LogP contribution is -2.29. The first-order valence-electron chi connectivity index (χ1n) is 19.6. The molecule has 0 bridgehead atoms. The molecule has 53 heavy (non-hydrogen) atoms. The van der Waals surface area contributed by atoms with Crippen LogP contribution < -0.4 is 0 Å². The zero-order valence-electron chi connectivity index (χ0n) is 32.3. The van der Waals surface area contributed by atoms with Crippen LogP contribution in [0.2, 0.25) is 0 Å². The number of allylic oxidation sites excluding steroid dienone is 16. The van der Waals surface area contributed by atoms with Crippen LogP contribution in [-0.2, 0) is 28.2 Å². The van der Waals surface area contributed by atoms with Crippen LogP contribution in [0.4, 0.5) is 0 Å². The lowest BCUT2D eigenvalue weighted by atomic mass is 10.2. The Labute approximate surface area is 320 Å². The fraction of sp³-hybridized carbons (Fsp3) is 0.581. The number of phosphoric ester groups is 1. The number of phosphoric acid groups is 1. The fourth-order valence-corrected chi connectivity index (χ4v) is 5.05. The summed E-state index contributed by atoms with van der Waals surface area (Å²) < 4.78 is 26.2. The summed E-state index contributed by atoms with van der Waals surface area (Å²) in [6.45, 7) is 1.55. The molecule has 0 saturated carbocycles. The number of carbonyl (C=O) groups excluding carboxylic acids is 2. The summed E-state index contributed by atoms with van der Waals surface area (Å²) in [5.41, 5.74) is 0. The zero-order valence-corrected chi connectivity index (χ0v) is 33.2. The number of aliphatic hydroxyl groups is 1. The van der Waals surface area contributed by atoms with E-state index in [1.807, 2.05) is 24.3 Å². The summed E-state index contributed by atoms with van der Waals surface area (Å²) >= 11 is 0. The second kappa shape index (κ2) is 38.6. The van der Waals surface area contributed by atoms with Gasteiger partial charge in [0.25, 0.3) is 0 Å². The van der Waals surface area contributed by atoms with Crippen LogP contribution in [0.15, 0.2) is 97.2 Å².